The number of rotatable bonds is 8. The number of nitrogens with zero attached hydrogens (tertiary/aromatic N) is 1. The van der Waals surface area contributed by atoms with Gasteiger partial charge in [0.15, 0.2) is 0 Å². The topological polar surface area (TPSA) is 26.2 Å². The van der Waals surface area contributed by atoms with E-state index < -0.39 is 0 Å². The molecule has 3 heteroatoms. The maximum atomic E-state index is 5.06. The zero-order valence-corrected chi connectivity index (χ0v) is 12.4. The summed E-state index contributed by atoms with van der Waals surface area (Å²) >= 11 is 0. The molecule has 0 aliphatic heterocycles. The van der Waals surface area contributed by atoms with Crippen LogP contribution in [0.3, 0.4) is 0 Å². The quantitative estimate of drug-likeness (QED) is 0.747. The lowest BCUT2D eigenvalue weighted by Gasteiger charge is -2.12. The van der Waals surface area contributed by atoms with Crippen LogP contribution in [0, 0.1) is 0 Å². The highest BCUT2D eigenvalue weighted by molar-refractivity contribution is 5.19. The Morgan fingerprint density at radius 2 is 2.00 bits per heavy atom. The minimum Gasteiger partial charge on any atom is -0.385 e. The first kappa shape index (κ1) is 14.8. The molecule has 20 heavy (non-hydrogen) atoms. The Balaban J connectivity index is 1.85. The van der Waals surface area contributed by atoms with Gasteiger partial charge in [-0.25, -0.2) is 0 Å². The minimum absolute atomic E-state index is 0.379. The van der Waals surface area contributed by atoms with E-state index in [2.05, 4.69) is 65.6 Å². The summed E-state index contributed by atoms with van der Waals surface area (Å²) < 4.78 is 7.29. The van der Waals surface area contributed by atoms with Crippen molar-refractivity contribution in [2.75, 3.05) is 20.3 Å². The molecular formula is C17H24N2O. The highest BCUT2D eigenvalue weighted by Crippen LogP contribution is 2.14. The van der Waals surface area contributed by atoms with Gasteiger partial charge in [-0.1, -0.05) is 30.3 Å². The fraction of sp³-hybridized carbons (Fsp3) is 0.412. The second-order valence-electron chi connectivity index (χ2n) is 5.12. The molecule has 0 saturated heterocycles. The molecule has 3 nitrogen and oxygen atoms in total. The van der Waals surface area contributed by atoms with E-state index in [1.807, 2.05) is 0 Å². The lowest BCUT2D eigenvalue weighted by molar-refractivity contribution is 0.193. The summed E-state index contributed by atoms with van der Waals surface area (Å²) in [6, 6.07) is 13.1. The van der Waals surface area contributed by atoms with Crippen molar-refractivity contribution in [3.63, 3.8) is 0 Å². The zero-order chi connectivity index (χ0) is 14.2. The molecule has 0 radical (unpaired) electrons. The Morgan fingerprint density at radius 3 is 2.75 bits per heavy atom. The molecule has 1 aromatic heterocycles. The number of hydrogen-bond acceptors (Lipinski definition) is 2. The Hall–Kier alpha value is -1.58. The first-order valence-corrected chi connectivity index (χ1v) is 7.21. The van der Waals surface area contributed by atoms with Crippen molar-refractivity contribution in [3.05, 3.63) is 59.9 Å². The van der Waals surface area contributed by atoms with Gasteiger partial charge in [0.2, 0.25) is 0 Å². The molecule has 0 aliphatic carbocycles. The average Bonchev–Trinajstić information content (AvgIpc) is 2.93. The van der Waals surface area contributed by atoms with Gasteiger partial charge in [0.05, 0.1) is 0 Å². The van der Waals surface area contributed by atoms with E-state index >= 15 is 0 Å². The van der Waals surface area contributed by atoms with E-state index in [1.54, 1.807) is 7.11 Å². The summed E-state index contributed by atoms with van der Waals surface area (Å²) in [6.45, 7) is 4.93. The van der Waals surface area contributed by atoms with E-state index in [0.29, 0.717) is 6.04 Å². The lowest BCUT2D eigenvalue weighted by Crippen LogP contribution is -2.20. The van der Waals surface area contributed by atoms with E-state index in [0.717, 1.165) is 26.1 Å². The fourth-order valence-electron chi connectivity index (χ4n) is 2.26. The summed E-state index contributed by atoms with van der Waals surface area (Å²) in [5.41, 5.74) is 2.66. The maximum absolute atomic E-state index is 5.06. The molecule has 1 unspecified atom stereocenters. The van der Waals surface area contributed by atoms with E-state index in [1.165, 1.54) is 11.1 Å². The number of hydrogen-bond donors (Lipinski definition) is 1. The summed E-state index contributed by atoms with van der Waals surface area (Å²) in [5, 5.41) is 3.52. The Labute approximate surface area is 121 Å². The summed E-state index contributed by atoms with van der Waals surface area (Å²) in [6.07, 6.45) is 5.42. The van der Waals surface area contributed by atoms with Crippen molar-refractivity contribution in [2.45, 2.75) is 25.9 Å². The maximum Gasteiger partial charge on any atom is 0.0474 e. The normalized spacial score (nSPS) is 12.5. The predicted octanol–water partition coefficient (Wildman–Crippen LogP) is 3.22. The van der Waals surface area contributed by atoms with Crippen molar-refractivity contribution in [1.29, 1.82) is 0 Å². The van der Waals surface area contributed by atoms with Crippen molar-refractivity contribution in [2.24, 2.45) is 0 Å². The third-order valence-corrected chi connectivity index (χ3v) is 3.46. The number of benzene rings is 1. The van der Waals surface area contributed by atoms with E-state index in [-0.39, 0.29) is 0 Å². The van der Waals surface area contributed by atoms with Gasteiger partial charge < -0.3 is 14.6 Å². The van der Waals surface area contributed by atoms with Crippen LogP contribution in [0.25, 0.3) is 0 Å². The molecule has 0 saturated carbocycles. The van der Waals surface area contributed by atoms with Crippen LogP contribution in [-0.4, -0.2) is 24.8 Å². The van der Waals surface area contributed by atoms with Crippen LogP contribution in [0.2, 0.25) is 0 Å². The molecule has 0 aliphatic rings. The third kappa shape index (κ3) is 4.51. The van der Waals surface area contributed by atoms with E-state index in [9.17, 15) is 0 Å². The second-order valence-corrected chi connectivity index (χ2v) is 5.12. The molecular weight excluding hydrogens is 248 g/mol. The van der Waals surface area contributed by atoms with Gasteiger partial charge in [-0.2, -0.15) is 0 Å². The highest BCUT2D eigenvalue weighted by Gasteiger charge is 2.06. The number of methoxy groups -OCH3 is 1. The molecule has 0 bridgehead atoms. The van der Waals surface area contributed by atoms with Crippen LogP contribution in [0.15, 0.2) is 48.8 Å². The SMILES string of the molecule is COCCCNC(C)c1ccn(Cc2ccccc2)c1. The van der Waals surface area contributed by atoms with Gasteiger partial charge >= 0.3 is 0 Å². The molecule has 2 rings (SSSR count). The number of ether oxygens (including phenoxy) is 1. The van der Waals surface area contributed by atoms with Crippen molar-refractivity contribution < 1.29 is 4.74 Å². The fourth-order valence-corrected chi connectivity index (χ4v) is 2.26. The van der Waals surface area contributed by atoms with Crippen molar-refractivity contribution >= 4 is 0 Å². The van der Waals surface area contributed by atoms with Gasteiger partial charge in [-0.3, -0.25) is 0 Å². The highest BCUT2D eigenvalue weighted by atomic mass is 16.5. The predicted molar refractivity (Wildman–Crippen MR) is 82.9 cm³/mol. The van der Waals surface area contributed by atoms with Gasteiger partial charge in [-0.15, -0.1) is 0 Å². The second kappa shape index (κ2) is 7.88. The Morgan fingerprint density at radius 1 is 1.20 bits per heavy atom. The molecule has 0 spiro atoms. The zero-order valence-electron chi connectivity index (χ0n) is 12.4. The summed E-state index contributed by atoms with van der Waals surface area (Å²) in [7, 11) is 1.74. The first-order chi connectivity index (χ1) is 9.79. The molecule has 0 fully saturated rings. The molecule has 0 amide bonds. The standard InChI is InChI=1S/C17H24N2O/c1-15(18-10-6-12-20-2)17-9-11-19(14-17)13-16-7-4-3-5-8-16/h3-5,7-9,11,14-15,18H,6,10,12-13H2,1-2H3. The molecule has 1 aromatic carbocycles. The van der Waals surface area contributed by atoms with Gasteiger partial charge in [-0.05, 0) is 37.1 Å². The summed E-state index contributed by atoms with van der Waals surface area (Å²) in [5.74, 6) is 0. The number of aromatic nitrogens is 1. The molecule has 1 N–H and O–H groups in total. The van der Waals surface area contributed by atoms with Gasteiger partial charge in [0.1, 0.15) is 0 Å². The van der Waals surface area contributed by atoms with Crippen LogP contribution >= 0.6 is 0 Å². The Bertz CT molecular complexity index is 493. The Kier molecular flexibility index (Phi) is 5.84. The monoisotopic (exact) mass is 272 g/mol. The van der Waals surface area contributed by atoms with Gasteiger partial charge in [0.25, 0.3) is 0 Å². The molecule has 2 aromatic rings. The largest absolute Gasteiger partial charge is 0.385 e. The third-order valence-electron chi connectivity index (χ3n) is 3.46. The lowest BCUT2D eigenvalue weighted by atomic mass is 10.2. The van der Waals surface area contributed by atoms with Crippen LogP contribution in [0.5, 0.6) is 0 Å². The van der Waals surface area contributed by atoms with Crippen LogP contribution in [0.4, 0.5) is 0 Å². The van der Waals surface area contributed by atoms with Gasteiger partial charge in [0, 0.05) is 38.7 Å². The van der Waals surface area contributed by atoms with Crippen molar-refractivity contribution in [3.8, 4) is 0 Å². The van der Waals surface area contributed by atoms with Crippen LogP contribution in [0.1, 0.15) is 30.5 Å². The summed E-state index contributed by atoms with van der Waals surface area (Å²) in [4.78, 5) is 0. The van der Waals surface area contributed by atoms with Crippen LogP contribution < -0.4 is 5.32 Å². The molecule has 1 heterocycles. The smallest absolute Gasteiger partial charge is 0.0474 e. The van der Waals surface area contributed by atoms with Crippen molar-refractivity contribution in [1.82, 2.24) is 9.88 Å². The molecule has 108 valence electrons. The van der Waals surface area contributed by atoms with Crippen LogP contribution in [-0.2, 0) is 11.3 Å². The molecule has 1 atom stereocenters. The first-order valence-electron chi connectivity index (χ1n) is 7.21. The minimum atomic E-state index is 0.379. The van der Waals surface area contributed by atoms with E-state index in [4.69, 9.17) is 4.74 Å². The average molecular weight is 272 g/mol. The number of nitrogens with one attached hydrogen (secondary N) is 1.